The van der Waals surface area contributed by atoms with Crippen LogP contribution in [0, 0.1) is 0 Å². The lowest BCUT2D eigenvalue weighted by Crippen LogP contribution is -2.51. The molecule has 10 heteroatoms. The van der Waals surface area contributed by atoms with Gasteiger partial charge in [-0.2, -0.15) is 0 Å². The summed E-state index contributed by atoms with van der Waals surface area (Å²) < 4.78 is 30.8. The van der Waals surface area contributed by atoms with Crippen LogP contribution in [0.15, 0.2) is 29.3 Å². The molecule has 2 N–H and O–H groups in total. The van der Waals surface area contributed by atoms with Crippen LogP contribution >= 0.6 is 0 Å². The van der Waals surface area contributed by atoms with Crippen LogP contribution in [0.4, 0.5) is 0 Å². The van der Waals surface area contributed by atoms with Gasteiger partial charge in [-0.1, -0.05) is 12.1 Å². The van der Waals surface area contributed by atoms with E-state index < -0.39 is 10.0 Å². The molecule has 0 aromatic heterocycles. The topological polar surface area (TPSA) is 103 Å². The van der Waals surface area contributed by atoms with Gasteiger partial charge in [-0.25, -0.2) is 17.7 Å². The van der Waals surface area contributed by atoms with Gasteiger partial charge in [-0.3, -0.25) is 4.79 Å². The van der Waals surface area contributed by atoms with E-state index in [-0.39, 0.29) is 24.2 Å². The summed E-state index contributed by atoms with van der Waals surface area (Å²) >= 11 is 0. The monoisotopic (exact) mass is 439 g/mol. The Morgan fingerprint density at radius 2 is 1.87 bits per heavy atom. The zero-order valence-electron chi connectivity index (χ0n) is 18.2. The predicted molar refractivity (Wildman–Crippen MR) is 118 cm³/mol. The molecule has 0 aliphatic carbocycles. The Morgan fingerprint density at radius 1 is 1.23 bits per heavy atom. The van der Waals surface area contributed by atoms with Gasteiger partial charge < -0.3 is 20.3 Å². The number of hydrogen-bond acceptors (Lipinski definition) is 5. The van der Waals surface area contributed by atoms with Crippen LogP contribution in [-0.4, -0.2) is 82.1 Å². The first kappa shape index (κ1) is 23.9. The summed E-state index contributed by atoms with van der Waals surface area (Å²) in [5.74, 6) is 1.38. The first-order valence-electron chi connectivity index (χ1n) is 10.1. The second-order valence-corrected chi connectivity index (χ2v) is 9.63. The standard InChI is InChI=1S/C20H33N5O4S/c1-5-30(27,28)25-12-10-17(11-13-25)23-20(22-15-19(26)24(2)3)21-14-16-6-8-18(29-4)9-7-16/h6-9,17H,5,10-15H2,1-4H3,(H2,21,22,23). The van der Waals surface area contributed by atoms with Gasteiger partial charge in [-0.15, -0.1) is 0 Å². The van der Waals surface area contributed by atoms with Gasteiger partial charge in [0, 0.05) is 33.2 Å². The van der Waals surface area contributed by atoms with E-state index in [0.29, 0.717) is 38.4 Å². The van der Waals surface area contributed by atoms with E-state index in [0.717, 1.165) is 11.3 Å². The highest BCUT2D eigenvalue weighted by molar-refractivity contribution is 7.89. The van der Waals surface area contributed by atoms with E-state index in [9.17, 15) is 13.2 Å². The lowest BCUT2D eigenvalue weighted by molar-refractivity contribution is -0.127. The van der Waals surface area contributed by atoms with Gasteiger partial charge in [0.05, 0.1) is 26.0 Å². The largest absolute Gasteiger partial charge is 0.497 e. The molecular weight excluding hydrogens is 406 g/mol. The number of aliphatic imine (C=N–C) groups is 1. The van der Waals surface area contributed by atoms with Crippen LogP contribution in [0.25, 0.3) is 0 Å². The molecule has 1 amide bonds. The maximum atomic E-state index is 12.0. The molecule has 1 fully saturated rings. The first-order chi connectivity index (χ1) is 14.2. The normalized spacial score (nSPS) is 16.2. The van der Waals surface area contributed by atoms with E-state index in [1.54, 1.807) is 32.4 Å². The minimum Gasteiger partial charge on any atom is -0.497 e. The molecule has 168 valence electrons. The van der Waals surface area contributed by atoms with E-state index in [1.165, 1.54) is 4.90 Å². The highest BCUT2D eigenvalue weighted by Crippen LogP contribution is 2.15. The third kappa shape index (κ3) is 7.17. The molecule has 0 atom stereocenters. The average molecular weight is 440 g/mol. The molecule has 1 saturated heterocycles. The number of guanidine groups is 1. The fourth-order valence-corrected chi connectivity index (χ4v) is 4.16. The van der Waals surface area contributed by atoms with Crippen LogP contribution in [-0.2, 0) is 21.4 Å². The molecule has 9 nitrogen and oxygen atoms in total. The van der Waals surface area contributed by atoms with Crippen molar-refractivity contribution in [1.82, 2.24) is 19.8 Å². The van der Waals surface area contributed by atoms with Crippen molar-refractivity contribution in [3.8, 4) is 5.75 Å². The van der Waals surface area contributed by atoms with E-state index in [1.807, 2.05) is 24.3 Å². The van der Waals surface area contributed by atoms with Crippen molar-refractivity contribution in [2.24, 2.45) is 4.99 Å². The molecule has 0 spiro atoms. The summed E-state index contributed by atoms with van der Waals surface area (Å²) in [6.45, 7) is 3.20. The smallest absolute Gasteiger partial charge is 0.241 e. The van der Waals surface area contributed by atoms with Crippen LogP contribution in [0.1, 0.15) is 25.3 Å². The molecule has 1 heterocycles. The number of sulfonamides is 1. The van der Waals surface area contributed by atoms with Crippen LogP contribution in [0.3, 0.4) is 0 Å². The third-order valence-corrected chi connectivity index (χ3v) is 6.92. The summed E-state index contributed by atoms with van der Waals surface area (Å²) in [5, 5.41) is 6.44. The number of benzene rings is 1. The number of rotatable bonds is 8. The molecule has 0 unspecified atom stereocenters. The molecule has 1 aliphatic rings. The summed E-state index contributed by atoms with van der Waals surface area (Å²) in [5.41, 5.74) is 1.01. The number of carbonyl (C=O) groups is 1. The lowest BCUT2D eigenvalue weighted by atomic mass is 10.1. The molecule has 1 aliphatic heterocycles. The summed E-state index contributed by atoms with van der Waals surface area (Å²) in [6.07, 6.45) is 1.37. The molecule has 0 radical (unpaired) electrons. The van der Waals surface area contributed by atoms with Crippen LogP contribution in [0.2, 0.25) is 0 Å². The van der Waals surface area contributed by atoms with Gasteiger partial charge in [0.1, 0.15) is 5.75 Å². The van der Waals surface area contributed by atoms with Crippen molar-refractivity contribution < 1.29 is 17.9 Å². The Labute approximate surface area is 179 Å². The molecule has 0 saturated carbocycles. The third-order valence-electron chi connectivity index (χ3n) is 5.04. The fraction of sp³-hybridized carbons (Fsp3) is 0.600. The number of nitrogens with zero attached hydrogens (tertiary/aromatic N) is 3. The SMILES string of the molecule is CCS(=O)(=O)N1CCC(NC(=NCc2ccc(OC)cc2)NCC(=O)N(C)C)CC1. The van der Waals surface area contributed by atoms with E-state index in [2.05, 4.69) is 15.6 Å². The second kappa shape index (κ2) is 11.2. The maximum absolute atomic E-state index is 12.0. The Morgan fingerprint density at radius 3 is 2.40 bits per heavy atom. The number of methoxy groups -OCH3 is 1. The highest BCUT2D eigenvalue weighted by atomic mass is 32.2. The number of carbonyl (C=O) groups excluding carboxylic acids is 1. The number of ether oxygens (including phenoxy) is 1. The molecule has 2 rings (SSSR count). The average Bonchev–Trinajstić information content (AvgIpc) is 2.75. The van der Waals surface area contributed by atoms with Gasteiger partial charge >= 0.3 is 0 Å². The molecule has 1 aromatic rings. The second-order valence-electron chi connectivity index (χ2n) is 7.37. The first-order valence-corrected chi connectivity index (χ1v) is 11.7. The van der Waals surface area contributed by atoms with Crippen LogP contribution < -0.4 is 15.4 Å². The summed E-state index contributed by atoms with van der Waals surface area (Å²) in [4.78, 5) is 18.1. The van der Waals surface area contributed by atoms with Crippen molar-refractivity contribution in [3.63, 3.8) is 0 Å². The molecule has 1 aromatic carbocycles. The number of amides is 1. The maximum Gasteiger partial charge on any atom is 0.241 e. The van der Waals surface area contributed by atoms with Crippen molar-refractivity contribution >= 4 is 21.9 Å². The molecule has 0 bridgehead atoms. The Bertz CT molecular complexity index is 816. The molecular formula is C20H33N5O4S. The number of piperidine rings is 1. The van der Waals surface area contributed by atoms with Gasteiger partial charge in [0.15, 0.2) is 5.96 Å². The number of nitrogens with one attached hydrogen (secondary N) is 2. The van der Waals surface area contributed by atoms with Crippen molar-refractivity contribution in [1.29, 1.82) is 0 Å². The van der Waals surface area contributed by atoms with Crippen LogP contribution in [0.5, 0.6) is 5.75 Å². The van der Waals surface area contributed by atoms with E-state index in [4.69, 9.17) is 4.74 Å². The van der Waals surface area contributed by atoms with Gasteiger partial charge in [0.2, 0.25) is 15.9 Å². The van der Waals surface area contributed by atoms with Gasteiger partial charge in [-0.05, 0) is 37.5 Å². The predicted octanol–water partition coefficient (Wildman–Crippen LogP) is 0.633. The van der Waals surface area contributed by atoms with E-state index >= 15 is 0 Å². The van der Waals surface area contributed by atoms with Crippen molar-refractivity contribution in [3.05, 3.63) is 29.8 Å². The summed E-state index contributed by atoms with van der Waals surface area (Å²) in [7, 11) is 1.87. The zero-order valence-corrected chi connectivity index (χ0v) is 19.0. The Balaban J connectivity index is 2.01. The quantitative estimate of drug-likeness (QED) is 0.455. The Hall–Kier alpha value is -2.33. The zero-order chi connectivity index (χ0) is 22.1. The number of hydrogen-bond donors (Lipinski definition) is 2. The highest BCUT2D eigenvalue weighted by Gasteiger charge is 2.27. The Kier molecular flexibility index (Phi) is 8.91. The minimum absolute atomic E-state index is 0.0576. The summed E-state index contributed by atoms with van der Waals surface area (Å²) in [6, 6.07) is 7.73. The minimum atomic E-state index is -3.16. The van der Waals surface area contributed by atoms with Crippen molar-refractivity contribution in [2.75, 3.05) is 46.6 Å². The van der Waals surface area contributed by atoms with Crippen molar-refractivity contribution in [2.45, 2.75) is 32.4 Å². The number of likely N-dealkylation sites (N-methyl/N-ethyl adjacent to an activating group) is 1. The fourth-order valence-electron chi connectivity index (χ4n) is 3.03. The lowest BCUT2D eigenvalue weighted by Gasteiger charge is -2.32. The van der Waals surface area contributed by atoms with Gasteiger partial charge in [0.25, 0.3) is 0 Å². The molecule has 30 heavy (non-hydrogen) atoms.